The summed E-state index contributed by atoms with van der Waals surface area (Å²) in [6.45, 7) is 0. The summed E-state index contributed by atoms with van der Waals surface area (Å²) in [4.78, 5) is 16.4. The molecule has 2 aromatic carbocycles. The van der Waals surface area contributed by atoms with E-state index in [0.717, 1.165) is 11.1 Å². The van der Waals surface area contributed by atoms with Crippen LogP contribution in [0.1, 0.15) is 27.0 Å². The maximum atomic E-state index is 12.5. The van der Waals surface area contributed by atoms with Gasteiger partial charge in [-0.05, 0) is 29.3 Å². The van der Waals surface area contributed by atoms with Crippen LogP contribution in [0.2, 0.25) is 20.2 Å². The number of nitrogens with zero attached hydrogens (tertiary/aromatic N) is 1. The molecule has 0 fully saturated rings. The molecule has 2 N–H and O–H groups in total. The Morgan fingerprint density at radius 3 is 2.08 bits per heavy atom. The topological polar surface area (TPSA) is 56.0 Å². The Morgan fingerprint density at radius 2 is 1.50 bits per heavy atom. The number of hydrogen-bond acceptors (Lipinski definition) is 3. The van der Waals surface area contributed by atoms with Gasteiger partial charge < -0.3 is 5.73 Å². The van der Waals surface area contributed by atoms with Gasteiger partial charge in [-0.2, -0.15) is 0 Å². The lowest BCUT2D eigenvalue weighted by atomic mass is 10.00. The SMILES string of the molecule is Nc1cc(Cl)c(Cc2ccc(C(=O)c3cnc(Cl)c(Cl)c3)cc2)c(Cl)c1. The summed E-state index contributed by atoms with van der Waals surface area (Å²) >= 11 is 24.2. The third kappa shape index (κ3) is 4.13. The van der Waals surface area contributed by atoms with E-state index in [9.17, 15) is 4.79 Å². The van der Waals surface area contributed by atoms with Crippen LogP contribution in [0, 0.1) is 0 Å². The molecule has 7 heteroatoms. The quantitative estimate of drug-likeness (QED) is 0.312. The van der Waals surface area contributed by atoms with E-state index in [4.69, 9.17) is 52.1 Å². The summed E-state index contributed by atoms with van der Waals surface area (Å²) in [7, 11) is 0. The van der Waals surface area contributed by atoms with Gasteiger partial charge in [-0.3, -0.25) is 4.79 Å². The highest BCUT2D eigenvalue weighted by Crippen LogP contribution is 2.30. The summed E-state index contributed by atoms with van der Waals surface area (Å²) in [5.74, 6) is -0.189. The Hall–Kier alpha value is -1.78. The lowest BCUT2D eigenvalue weighted by Gasteiger charge is -2.09. The van der Waals surface area contributed by atoms with Crippen LogP contribution >= 0.6 is 46.4 Å². The van der Waals surface area contributed by atoms with Gasteiger partial charge in [0.15, 0.2) is 5.78 Å². The standard InChI is InChI=1S/C19H12Cl4N2O/c20-15-7-13(24)8-16(21)14(15)5-10-1-3-11(4-2-10)18(26)12-6-17(22)19(23)25-9-12/h1-4,6-9H,5,24H2. The summed E-state index contributed by atoms with van der Waals surface area (Å²) in [6, 6.07) is 12.0. The minimum atomic E-state index is -0.189. The molecule has 3 nitrogen and oxygen atoms in total. The number of rotatable bonds is 4. The average molecular weight is 426 g/mol. The van der Waals surface area contributed by atoms with Gasteiger partial charge in [-0.1, -0.05) is 70.7 Å². The molecule has 1 heterocycles. The van der Waals surface area contributed by atoms with Crippen molar-refractivity contribution in [1.29, 1.82) is 0 Å². The number of ketones is 1. The summed E-state index contributed by atoms with van der Waals surface area (Å²) in [6.07, 6.45) is 1.93. The van der Waals surface area contributed by atoms with E-state index in [1.165, 1.54) is 12.3 Å². The molecule has 0 saturated heterocycles. The first-order valence-corrected chi connectivity index (χ1v) is 9.04. The number of anilines is 1. The van der Waals surface area contributed by atoms with Crippen molar-refractivity contribution in [3.63, 3.8) is 0 Å². The van der Waals surface area contributed by atoms with Crippen molar-refractivity contribution in [2.45, 2.75) is 6.42 Å². The highest BCUT2D eigenvalue weighted by molar-refractivity contribution is 6.41. The van der Waals surface area contributed by atoms with E-state index < -0.39 is 0 Å². The Kier molecular flexibility index (Phi) is 5.73. The molecule has 1 aromatic heterocycles. The van der Waals surface area contributed by atoms with Gasteiger partial charge >= 0.3 is 0 Å². The van der Waals surface area contributed by atoms with Crippen LogP contribution in [-0.4, -0.2) is 10.8 Å². The molecular weight excluding hydrogens is 414 g/mol. The number of hydrogen-bond donors (Lipinski definition) is 1. The Morgan fingerprint density at radius 1 is 0.885 bits per heavy atom. The molecule has 0 spiro atoms. The van der Waals surface area contributed by atoms with Crippen molar-refractivity contribution >= 4 is 57.9 Å². The van der Waals surface area contributed by atoms with Gasteiger partial charge in [0.25, 0.3) is 0 Å². The van der Waals surface area contributed by atoms with Crippen LogP contribution in [0.25, 0.3) is 0 Å². The first-order chi connectivity index (χ1) is 12.3. The number of nitrogens with two attached hydrogens (primary N) is 1. The van der Waals surface area contributed by atoms with E-state index in [1.807, 2.05) is 12.1 Å². The molecule has 0 aliphatic rings. The summed E-state index contributed by atoms with van der Waals surface area (Å²) in [5, 5.41) is 1.42. The molecule has 132 valence electrons. The van der Waals surface area contributed by atoms with Crippen LogP contribution in [0.4, 0.5) is 5.69 Å². The van der Waals surface area contributed by atoms with Gasteiger partial charge in [0.1, 0.15) is 5.15 Å². The Labute approximate surface area is 170 Å². The molecular formula is C19H12Cl4N2O. The van der Waals surface area contributed by atoms with E-state index in [0.29, 0.717) is 33.3 Å². The summed E-state index contributed by atoms with van der Waals surface area (Å²) < 4.78 is 0. The monoisotopic (exact) mass is 424 g/mol. The van der Waals surface area contributed by atoms with Crippen LogP contribution in [-0.2, 0) is 6.42 Å². The molecule has 0 atom stereocenters. The number of aromatic nitrogens is 1. The molecule has 0 unspecified atom stereocenters. The fourth-order valence-electron chi connectivity index (χ4n) is 2.48. The number of halogens is 4. The molecule has 0 saturated carbocycles. The lowest BCUT2D eigenvalue weighted by Crippen LogP contribution is -2.02. The third-order valence-electron chi connectivity index (χ3n) is 3.82. The molecule has 26 heavy (non-hydrogen) atoms. The van der Waals surface area contributed by atoms with E-state index >= 15 is 0 Å². The average Bonchev–Trinajstić information content (AvgIpc) is 2.60. The molecule has 0 aliphatic carbocycles. The predicted molar refractivity (Wildman–Crippen MR) is 108 cm³/mol. The van der Waals surface area contributed by atoms with Crippen LogP contribution in [0.5, 0.6) is 0 Å². The number of carbonyl (C=O) groups excluding carboxylic acids is 1. The highest BCUT2D eigenvalue weighted by atomic mass is 35.5. The molecule has 0 bridgehead atoms. The van der Waals surface area contributed by atoms with Crippen molar-refractivity contribution in [3.05, 3.63) is 91.1 Å². The molecule has 3 rings (SSSR count). The normalized spacial score (nSPS) is 10.8. The number of benzene rings is 2. The third-order valence-corrected chi connectivity index (χ3v) is 5.18. The smallest absolute Gasteiger partial charge is 0.194 e. The second-order valence-electron chi connectivity index (χ2n) is 5.66. The minimum Gasteiger partial charge on any atom is -0.399 e. The number of carbonyl (C=O) groups is 1. The molecule has 3 aromatic rings. The van der Waals surface area contributed by atoms with Gasteiger partial charge in [0.05, 0.1) is 5.02 Å². The molecule has 0 aliphatic heterocycles. The number of nitrogen functional groups attached to an aromatic ring is 1. The Bertz CT molecular complexity index is 964. The summed E-state index contributed by atoms with van der Waals surface area (Å²) in [5.41, 5.74) is 8.87. The van der Waals surface area contributed by atoms with Gasteiger partial charge in [0.2, 0.25) is 0 Å². The largest absolute Gasteiger partial charge is 0.399 e. The van der Waals surface area contributed by atoms with Gasteiger partial charge in [-0.25, -0.2) is 4.98 Å². The molecule has 0 amide bonds. The Balaban J connectivity index is 1.82. The van der Waals surface area contributed by atoms with Crippen LogP contribution < -0.4 is 5.73 Å². The van der Waals surface area contributed by atoms with Crippen molar-refractivity contribution in [1.82, 2.24) is 4.98 Å². The zero-order chi connectivity index (χ0) is 18.8. The van der Waals surface area contributed by atoms with Gasteiger partial charge in [0, 0.05) is 39.5 Å². The molecule has 0 radical (unpaired) electrons. The van der Waals surface area contributed by atoms with Crippen LogP contribution in [0.3, 0.4) is 0 Å². The van der Waals surface area contributed by atoms with Crippen molar-refractivity contribution in [2.24, 2.45) is 0 Å². The fraction of sp³-hybridized carbons (Fsp3) is 0.0526. The zero-order valence-corrected chi connectivity index (χ0v) is 16.3. The maximum Gasteiger partial charge on any atom is 0.194 e. The lowest BCUT2D eigenvalue weighted by molar-refractivity contribution is 0.103. The minimum absolute atomic E-state index is 0.163. The van der Waals surface area contributed by atoms with Crippen molar-refractivity contribution in [3.8, 4) is 0 Å². The highest BCUT2D eigenvalue weighted by Gasteiger charge is 2.13. The fourth-order valence-corrected chi connectivity index (χ4v) is 3.39. The predicted octanol–water partition coefficient (Wildman–Crippen LogP) is 6.10. The van der Waals surface area contributed by atoms with Gasteiger partial charge in [-0.15, -0.1) is 0 Å². The van der Waals surface area contributed by atoms with Crippen molar-refractivity contribution < 1.29 is 4.79 Å². The maximum absolute atomic E-state index is 12.5. The van der Waals surface area contributed by atoms with Crippen molar-refractivity contribution in [2.75, 3.05) is 5.73 Å². The number of pyridine rings is 1. The van der Waals surface area contributed by atoms with E-state index in [2.05, 4.69) is 4.98 Å². The first-order valence-electron chi connectivity index (χ1n) is 7.53. The second-order valence-corrected chi connectivity index (χ2v) is 7.24. The zero-order valence-electron chi connectivity index (χ0n) is 13.3. The van der Waals surface area contributed by atoms with E-state index in [1.54, 1.807) is 24.3 Å². The second kappa shape index (κ2) is 7.85. The first kappa shape index (κ1) is 19.0. The van der Waals surface area contributed by atoms with E-state index in [-0.39, 0.29) is 16.0 Å². The van der Waals surface area contributed by atoms with Crippen LogP contribution in [0.15, 0.2) is 48.7 Å².